The number of aromatic nitrogens is 2. The van der Waals surface area contributed by atoms with E-state index in [0.29, 0.717) is 5.56 Å². The molecule has 23 heavy (non-hydrogen) atoms. The lowest BCUT2D eigenvalue weighted by molar-refractivity contribution is 0.0655. The van der Waals surface area contributed by atoms with Gasteiger partial charge in [-0.15, -0.1) is 12.4 Å². The summed E-state index contributed by atoms with van der Waals surface area (Å²) in [6.45, 7) is 8.52. The van der Waals surface area contributed by atoms with Crippen LogP contribution in [0.1, 0.15) is 28.5 Å². The molecule has 1 aromatic heterocycles. The van der Waals surface area contributed by atoms with Gasteiger partial charge in [-0.1, -0.05) is 18.2 Å². The molecule has 1 unspecified atom stereocenters. The summed E-state index contributed by atoms with van der Waals surface area (Å²) in [6.07, 6.45) is 1.69. The Labute approximate surface area is 143 Å². The van der Waals surface area contributed by atoms with E-state index in [0.717, 1.165) is 36.6 Å². The van der Waals surface area contributed by atoms with Crippen LogP contribution in [-0.4, -0.2) is 46.3 Å². The molecule has 1 amide bonds. The third-order valence-corrected chi connectivity index (χ3v) is 4.35. The van der Waals surface area contributed by atoms with Crippen molar-refractivity contribution >= 4 is 18.3 Å². The summed E-state index contributed by atoms with van der Waals surface area (Å²) >= 11 is 0. The van der Waals surface area contributed by atoms with Gasteiger partial charge in [-0.2, -0.15) is 5.10 Å². The van der Waals surface area contributed by atoms with Crippen molar-refractivity contribution in [3.63, 3.8) is 0 Å². The van der Waals surface area contributed by atoms with Crippen LogP contribution >= 0.6 is 12.4 Å². The van der Waals surface area contributed by atoms with Crippen LogP contribution < -0.4 is 5.32 Å². The van der Waals surface area contributed by atoms with Gasteiger partial charge in [-0.3, -0.25) is 4.79 Å². The highest BCUT2D eigenvalue weighted by atomic mass is 35.5. The van der Waals surface area contributed by atoms with E-state index in [1.807, 2.05) is 34.7 Å². The number of hydrogen-bond acceptors (Lipinski definition) is 3. The van der Waals surface area contributed by atoms with E-state index in [1.165, 1.54) is 0 Å². The van der Waals surface area contributed by atoms with E-state index in [9.17, 15) is 4.79 Å². The quantitative estimate of drug-likeness (QED) is 0.917. The van der Waals surface area contributed by atoms with Crippen molar-refractivity contribution < 1.29 is 4.79 Å². The molecular formula is C17H23ClN4O. The SMILES string of the molecule is Cc1ccccc1-n1ncc(C(=O)N2CCNCC2C)c1C.Cl. The molecule has 3 rings (SSSR count). The minimum Gasteiger partial charge on any atom is -0.333 e. The number of para-hydroxylation sites is 1. The fourth-order valence-corrected chi connectivity index (χ4v) is 2.96. The smallest absolute Gasteiger partial charge is 0.257 e. The van der Waals surface area contributed by atoms with E-state index in [1.54, 1.807) is 6.20 Å². The van der Waals surface area contributed by atoms with Crippen molar-refractivity contribution in [3.8, 4) is 5.69 Å². The number of halogens is 1. The summed E-state index contributed by atoms with van der Waals surface area (Å²) in [5, 5.41) is 7.75. The molecule has 1 saturated heterocycles. The molecule has 0 bridgehead atoms. The standard InChI is InChI=1S/C17H22N4O.ClH/c1-12-6-4-5-7-16(12)21-14(3)15(11-19-21)17(22)20-9-8-18-10-13(20)2;/h4-7,11,13,18H,8-10H2,1-3H3;1H. The number of piperazine rings is 1. The molecular weight excluding hydrogens is 312 g/mol. The van der Waals surface area contributed by atoms with Gasteiger partial charge in [-0.05, 0) is 32.4 Å². The second-order valence-electron chi connectivity index (χ2n) is 5.89. The van der Waals surface area contributed by atoms with Crippen LogP contribution in [0.15, 0.2) is 30.5 Å². The van der Waals surface area contributed by atoms with Crippen molar-refractivity contribution in [2.75, 3.05) is 19.6 Å². The number of nitrogens with one attached hydrogen (secondary N) is 1. The van der Waals surface area contributed by atoms with Gasteiger partial charge in [0.2, 0.25) is 0 Å². The summed E-state index contributed by atoms with van der Waals surface area (Å²) in [6, 6.07) is 8.28. The zero-order valence-corrected chi connectivity index (χ0v) is 14.6. The Morgan fingerprint density at radius 1 is 1.30 bits per heavy atom. The van der Waals surface area contributed by atoms with Gasteiger partial charge >= 0.3 is 0 Å². The van der Waals surface area contributed by atoms with Gasteiger partial charge in [0.25, 0.3) is 5.91 Å². The Kier molecular flexibility index (Phi) is 5.44. The molecule has 1 N–H and O–H groups in total. The third kappa shape index (κ3) is 3.26. The third-order valence-electron chi connectivity index (χ3n) is 4.35. The molecule has 0 spiro atoms. The first-order chi connectivity index (χ1) is 10.6. The molecule has 0 saturated carbocycles. The number of aryl methyl sites for hydroxylation is 1. The van der Waals surface area contributed by atoms with Gasteiger partial charge in [-0.25, -0.2) is 4.68 Å². The molecule has 1 aliphatic rings. The van der Waals surface area contributed by atoms with Crippen LogP contribution in [-0.2, 0) is 0 Å². The number of rotatable bonds is 2. The minimum absolute atomic E-state index is 0. The molecule has 2 aromatic rings. The number of carbonyl (C=O) groups is 1. The van der Waals surface area contributed by atoms with E-state index in [4.69, 9.17) is 0 Å². The number of hydrogen-bond donors (Lipinski definition) is 1. The maximum absolute atomic E-state index is 12.8. The molecule has 0 aliphatic carbocycles. The Bertz CT molecular complexity index is 698. The molecule has 124 valence electrons. The van der Waals surface area contributed by atoms with Crippen LogP contribution in [0.25, 0.3) is 5.69 Å². The maximum Gasteiger partial charge on any atom is 0.257 e. The fourth-order valence-electron chi connectivity index (χ4n) is 2.96. The van der Waals surface area contributed by atoms with Crippen molar-refractivity contribution in [1.82, 2.24) is 20.0 Å². The van der Waals surface area contributed by atoms with Gasteiger partial charge in [0, 0.05) is 25.7 Å². The highest BCUT2D eigenvalue weighted by Crippen LogP contribution is 2.19. The van der Waals surface area contributed by atoms with Crippen LogP contribution in [0, 0.1) is 13.8 Å². The van der Waals surface area contributed by atoms with Crippen LogP contribution in [0.3, 0.4) is 0 Å². The number of benzene rings is 1. The lowest BCUT2D eigenvalue weighted by Gasteiger charge is -2.33. The molecule has 1 aliphatic heterocycles. The van der Waals surface area contributed by atoms with Gasteiger partial charge in [0.05, 0.1) is 23.1 Å². The van der Waals surface area contributed by atoms with Crippen molar-refractivity contribution in [3.05, 3.63) is 47.3 Å². The highest BCUT2D eigenvalue weighted by Gasteiger charge is 2.26. The summed E-state index contributed by atoms with van der Waals surface area (Å²) in [4.78, 5) is 14.7. The molecule has 1 aromatic carbocycles. The lowest BCUT2D eigenvalue weighted by Crippen LogP contribution is -2.52. The average Bonchev–Trinajstić information content (AvgIpc) is 2.89. The average molecular weight is 335 g/mol. The van der Waals surface area contributed by atoms with E-state index < -0.39 is 0 Å². The van der Waals surface area contributed by atoms with Crippen LogP contribution in [0.2, 0.25) is 0 Å². The topological polar surface area (TPSA) is 50.2 Å². The number of nitrogens with zero attached hydrogens (tertiary/aromatic N) is 3. The zero-order chi connectivity index (χ0) is 15.7. The number of amides is 1. The summed E-state index contributed by atoms with van der Waals surface area (Å²) in [5.41, 5.74) is 3.75. The first-order valence-electron chi connectivity index (χ1n) is 7.72. The second kappa shape index (κ2) is 7.15. The molecule has 1 fully saturated rings. The summed E-state index contributed by atoms with van der Waals surface area (Å²) in [5.74, 6) is 0.0753. The van der Waals surface area contributed by atoms with Crippen molar-refractivity contribution in [2.24, 2.45) is 0 Å². The monoisotopic (exact) mass is 334 g/mol. The van der Waals surface area contributed by atoms with Gasteiger partial charge < -0.3 is 10.2 Å². The van der Waals surface area contributed by atoms with E-state index >= 15 is 0 Å². The predicted octanol–water partition coefficient (Wildman–Crippen LogP) is 2.34. The van der Waals surface area contributed by atoms with Crippen LogP contribution in [0.5, 0.6) is 0 Å². The molecule has 0 radical (unpaired) electrons. The largest absolute Gasteiger partial charge is 0.333 e. The van der Waals surface area contributed by atoms with E-state index in [2.05, 4.69) is 30.3 Å². The molecule has 1 atom stereocenters. The Hall–Kier alpha value is -1.85. The lowest BCUT2D eigenvalue weighted by atomic mass is 10.1. The van der Waals surface area contributed by atoms with Gasteiger partial charge in [0.1, 0.15) is 0 Å². The molecule has 2 heterocycles. The van der Waals surface area contributed by atoms with Crippen molar-refractivity contribution in [1.29, 1.82) is 0 Å². The Balaban J connectivity index is 0.00000192. The van der Waals surface area contributed by atoms with E-state index in [-0.39, 0.29) is 24.4 Å². The highest BCUT2D eigenvalue weighted by molar-refractivity contribution is 5.95. The minimum atomic E-state index is 0. The van der Waals surface area contributed by atoms with Crippen LogP contribution in [0.4, 0.5) is 0 Å². The Morgan fingerprint density at radius 2 is 2.04 bits per heavy atom. The summed E-state index contributed by atoms with van der Waals surface area (Å²) < 4.78 is 1.86. The predicted molar refractivity (Wildman–Crippen MR) is 93.7 cm³/mol. The second-order valence-corrected chi connectivity index (χ2v) is 5.89. The number of carbonyl (C=O) groups excluding carboxylic acids is 1. The fraction of sp³-hybridized carbons (Fsp3) is 0.412. The molecule has 5 nitrogen and oxygen atoms in total. The molecule has 6 heteroatoms. The maximum atomic E-state index is 12.8. The normalized spacial score (nSPS) is 17.7. The Morgan fingerprint density at radius 3 is 2.74 bits per heavy atom. The first-order valence-corrected chi connectivity index (χ1v) is 7.72. The summed E-state index contributed by atoms with van der Waals surface area (Å²) in [7, 11) is 0. The first kappa shape index (κ1) is 17.5. The van der Waals surface area contributed by atoms with Gasteiger partial charge in [0.15, 0.2) is 0 Å². The van der Waals surface area contributed by atoms with Crippen molar-refractivity contribution in [2.45, 2.75) is 26.8 Å². The zero-order valence-electron chi connectivity index (χ0n) is 13.7.